The summed E-state index contributed by atoms with van der Waals surface area (Å²) in [5.41, 5.74) is 0. The minimum atomic E-state index is -1.41. The highest BCUT2D eigenvalue weighted by molar-refractivity contribution is 6.68. The van der Waals surface area contributed by atoms with Gasteiger partial charge in [0.25, 0.3) is 0 Å². The Hall–Kier alpha value is 0.540. The maximum absolute atomic E-state index is 11.5. The maximum atomic E-state index is 11.5. The summed E-state index contributed by atoms with van der Waals surface area (Å²) in [6.07, 6.45) is 6.74. The molecule has 4 heteroatoms. The van der Waals surface area contributed by atoms with Crippen LogP contribution in [0.1, 0.15) is 44.9 Å². The van der Waals surface area contributed by atoms with Crippen molar-refractivity contribution in [2.24, 2.45) is 5.92 Å². The van der Waals surface area contributed by atoms with Crippen molar-refractivity contribution < 1.29 is 4.79 Å². The average molecular weight is 258 g/mol. The monoisotopic (exact) mass is 256 g/mol. The summed E-state index contributed by atoms with van der Waals surface area (Å²) in [4.78, 5) is 11.5. The van der Waals surface area contributed by atoms with Crippen molar-refractivity contribution >= 4 is 40.6 Å². The van der Waals surface area contributed by atoms with E-state index in [0.717, 1.165) is 12.8 Å². The van der Waals surface area contributed by atoms with E-state index in [4.69, 9.17) is 34.8 Å². The average Bonchev–Trinajstić information content (AvgIpc) is 2.02. The van der Waals surface area contributed by atoms with Crippen molar-refractivity contribution in [3.8, 4) is 0 Å². The first kappa shape index (κ1) is 12.6. The van der Waals surface area contributed by atoms with E-state index in [1.54, 1.807) is 0 Å². The van der Waals surface area contributed by atoms with Crippen molar-refractivity contribution in [3.05, 3.63) is 0 Å². The normalized spacial score (nSPS) is 19.6. The van der Waals surface area contributed by atoms with E-state index in [1.165, 1.54) is 19.3 Å². The number of rotatable bonds is 3. The molecule has 0 aromatic heterocycles. The van der Waals surface area contributed by atoms with E-state index in [1.807, 2.05) is 0 Å². The fourth-order valence-corrected chi connectivity index (χ4v) is 2.46. The second-order valence-corrected chi connectivity index (χ2v) is 6.55. The van der Waals surface area contributed by atoms with Gasteiger partial charge in [-0.3, -0.25) is 4.79 Å². The van der Waals surface area contributed by atoms with Crippen LogP contribution in [0.25, 0.3) is 0 Å². The highest BCUT2D eigenvalue weighted by Crippen LogP contribution is 2.33. The molecule has 0 radical (unpaired) electrons. The molecule has 0 amide bonds. The summed E-state index contributed by atoms with van der Waals surface area (Å²) in [7, 11) is 0. The molecular weight excluding hydrogens is 242 g/mol. The smallest absolute Gasteiger partial charge is 0.197 e. The van der Waals surface area contributed by atoms with E-state index in [-0.39, 0.29) is 12.2 Å². The molecule has 0 heterocycles. The van der Waals surface area contributed by atoms with Crippen LogP contribution in [0.5, 0.6) is 0 Å². The molecule has 0 N–H and O–H groups in total. The van der Waals surface area contributed by atoms with Gasteiger partial charge in [0.2, 0.25) is 0 Å². The van der Waals surface area contributed by atoms with Crippen LogP contribution in [-0.2, 0) is 4.79 Å². The molecule has 0 bridgehead atoms. The van der Waals surface area contributed by atoms with Gasteiger partial charge < -0.3 is 0 Å². The summed E-state index contributed by atoms with van der Waals surface area (Å²) in [6.45, 7) is 0. The SMILES string of the molecule is O=C(CC1CCCCC1)CC(Cl)(Cl)Cl. The van der Waals surface area contributed by atoms with Crippen LogP contribution in [0, 0.1) is 5.92 Å². The lowest BCUT2D eigenvalue weighted by atomic mass is 9.85. The summed E-state index contributed by atoms with van der Waals surface area (Å²) in [5.74, 6) is 0.612. The van der Waals surface area contributed by atoms with Crippen LogP contribution in [-0.4, -0.2) is 9.58 Å². The largest absolute Gasteiger partial charge is 0.300 e. The molecule has 1 aliphatic rings. The fourth-order valence-electron chi connectivity index (χ4n) is 2.01. The lowest BCUT2D eigenvalue weighted by Crippen LogP contribution is -2.16. The summed E-state index contributed by atoms with van der Waals surface area (Å²) in [5, 5.41) is 0. The quantitative estimate of drug-likeness (QED) is 0.690. The van der Waals surface area contributed by atoms with Crippen LogP contribution in [0.3, 0.4) is 0 Å². The lowest BCUT2D eigenvalue weighted by Gasteiger charge is -2.21. The summed E-state index contributed by atoms with van der Waals surface area (Å²) >= 11 is 16.7. The Balaban J connectivity index is 2.25. The third kappa shape index (κ3) is 5.43. The molecule has 0 saturated heterocycles. The number of alkyl halides is 3. The summed E-state index contributed by atoms with van der Waals surface area (Å²) in [6, 6.07) is 0. The molecular formula is C10H15Cl3O. The van der Waals surface area contributed by atoms with Gasteiger partial charge in [0, 0.05) is 6.42 Å². The molecule has 1 rings (SSSR count). The topological polar surface area (TPSA) is 17.1 Å². The Morgan fingerprint density at radius 2 is 1.71 bits per heavy atom. The van der Waals surface area contributed by atoms with Crippen LogP contribution in [0.15, 0.2) is 0 Å². The maximum Gasteiger partial charge on any atom is 0.197 e. The van der Waals surface area contributed by atoms with Gasteiger partial charge in [-0.25, -0.2) is 0 Å². The number of hydrogen-bond donors (Lipinski definition) is 0. The number of Topliss-reactive ketones (excluding diaryl/α,β-unsaturated/α-hetero) is 1. The van der Waals surface area contributed by atoms with Crippen LogP contribution in [0.4, 0.5) is 0 Å². The zero-order chi connectivity index (χ0) is 10.6. The fraction of sp³-hybridized carbons (Fsp3) is 0.900. The number of hydrogen-bond acceptors (Lipinski definition) is 1. The van der Waals surface area contributed by atoms with Gasteiger partial charge in [0.15, 0.2) is 3.79 Å². The Morgan fingerprint density at radius 3 is 2.21 bits per heavy atom. The van der Waals surface area contributed by atoms with Crippen molar-refractivity contribution in [2.45, 2.75) is 48.7 Å². The van der Waals surface area contributed by atoms with Gasteiger partial charge in [0.1, 0.15) is 5.78 Å². The minimum absolute atomic E-state index is 0.0498. The van der Waals surface area contributed by atoms with E-state index in [9.17, 15) is 4.79 Å². The molecule has 0 aromatic rings. The third-order valence-corrected chi connectivity index (χ3v) is 3.04. The van der Waals surface area contributed by atoms with E-state index >= 15 is 0 Å². The molecule has 0 spiro atoms. The van der Waals surface area contributed by atoms with Gasteiger partial charge >= 0.3 is 0 Å². The second-order valence-electron chi connectivity index (χ2n) is 4.04. The second kappa shape index (κ2) is 5.58. The first-order valence-corrected chi connectivity index (χ1v) is 6.19. The van der Waals surface area contributed by atoms with E-state index in [2.05, 4.69) is 0 Å². The zero-order valence-electron chi connectivity index (χ0n) is 8.07. The van der Waals surface area contributed by atoms with Crippen LogP contribution < -0.4 is 0 Å². The van der Waals surface area contributed by atoms with Gasteiger partial charge in [-0.15, -0.1) is 0 Å². The van der Waals surface area contributed by atoms with E-state index < -0.39 is 3.79 Å². The predicted octanol–water partition coefficient (Wildman–Crippen LogP) is 4.29. The lowest BCUT2D eigenvalue weighted by molar-refractivity contribution is -0.120. The van der Waals surface area contributed by atoms with Gasteiger partial charge in [-0.1, -0.05) is 66.9 Å². The Labute approximate surface area is 100 Å². The predicted molar refractivity (Wildman–Crippen MR) is 61.1 cm³/mol. The highest BCUT2D eigenvalue weighted by Gasteiger charge is 2.26. The molecule has 0 unspecified atom stereocenters. The number of ketones is 1. The Morgan fingerprint density at radius 1 is 1.14 bits per heavy atom. The minimum Gasteiger partial charge on any atom is -0.300 e. The molecule has 1 fully saturated rings. The molecule has 1 aliphatic carbocycles. The standard InChI is InChI=1S/C10H15Cl3O/c11-10(12,13)7-9(14)6-8-4-2-1-3-5-8/h8H,1-7H2. The van der Waals surface area contributed by atoms with Crippen molar-refractivity contribution in [1.29, 1.82) is 0 Å². The van der Waals surface area contributed by atoms with Gasteiger partial charge in [-0.2, -0.15) is 0 Å². The van der Waals surface area contributed by atoms with Crippen LogP contribution in [0.2, 0.25) is 0 Å². The Bertz CT molecular complexity index is 192. The number of halogens is 3. The Kier molecular flexibility index (Phi) is 5.02. The molecule has 1 saturated carbocycles. The first-order valence-electron chi connectivity index (χ1n) is 5.06. The third-order valence-electron chi connectivity index (χ3n) is 2.64. The first-order chi connectivity index (χ1) is 6.47. The van der Waals surface area contributed by atoms with Crippen LogP contribution >= 0.6 is 34.8 Å². The van der Waals surface area contributed by atoms with Crippen molar-refractivity contribution in [1.82, 2.24) is 0 Å². The molecule has 82 valence electrons. The molecule has 1 nitrogen and oxygen atoms in total. The van der Waals surface area contributed by atoms with Crippen molar-refractivity contribution in [3.63, 3.8) is 0 Å². The molecule has 14 heavy (non-hydrogen) atoms. The highest BCUT2D eigenvalue weighted by atomic mass is 35.6. The number of carbonyl (C=O) groups excluding carboxylic acids is 1. The van der Waals surface area contributed by atoms with Crippen molar-refractivity contribution in [2.75, 3.05) is 0 Å². The molecule has 0 atom stereocenters. The van der Waals surface area contributed by atoms with Gasteiger partial charge in [0.05, 0.1) is 6.42 Å². The zero-order valence-corrected chi connectivity index (χ0v) is 10.3. The summed E-state index contributed by atoms with van der Waals surface area (Å²) < 4.78 is -1.41. The number of carbonyl (C=O) groups is 1. The van der Waals surface area contributed by atoms with Gasteiger partial charge in [-0.05, 0) is 5.92 Å². The molecule has 0 aromatic carbocycles. The van der Waals surface area contributed by atoms with E-state index in [0.29, 0.717) is 12.3 Å². The molecule has 0 aliphatic heterocycles.